The SMILES string of the molecule is CC(NCC1(C)CC1)c1ccc2c(c1)CCCC2. The van der Waals surface area contributed by atoms with Crippen LogP contribution in [0.5, 0.6) is 0 Å². The molecule has 0 radical (unpaired) electrons. The van der Waals surface area contributed by atoms with Gasteiger partial charge in [-0.15, -0.1) is 0 Å². The molecule has 1 saturated carbocycles. The van der Waals surface area contributed by atoms with Crippen LogP contribution in [0.1, 0.15) is 62.3 Å². The predicted octanol–water partition coefficient (Wildman–Crippen LogP) is 4.02. The monoisotopic (exact) mass is 243 g/mol. The molecule has 0 aromatic heterocycles. The molecular weight excluding hydrogens is 218 g/mol. The molecule has 3 rings (SSSR count). The smallest absolute Gasteiger partial charge is 0.0292 e. The normalized spacial score (nSPS) is 22.3. The van der Waals surface area contributed by atoms with Crippen LogP contribution in [0.3, 0.4) is 0 Å². The summed E-state index contributed by atoms with van der Waals surface area (Å²) in [6, 6.07) is 7.63. The van der Waals surface area contributed by atoms with Crippen LogP contribution >= 0.6 is 0 Å². The summed E-state index contributed by atoms with van der Waals surface area (Å²) >= 11 is 0. The molecule has 1 nitrogen and oxygen atoms in total. The highest BCUT2D eigenvalue weighted by Crippen LogP contribution is 2.44. The molecule has 1 heteroatoms. The van der Waals surface area contributed by atoms with Gasteiger partial charge in [0.05, 0.1) is 0 Å². The summed E-state index contributed by atoms with van der Waals surface area (Å²) in [4.78, 5) is 0. The Kier molecular flexibility index (Phi) is 3.19. The van der Waals surface area contributed by atoms with Crippen LogP contribution in [0.15, 0.2) is 18.2 Å². The molecule has 1 aromatic carbocycles. The minimum absolute atomic E-state index is 0.495. The zero-order chi connectivity index (χ0) is 12.6. The zero-order valence-electron chi connectivity index (χ0n) is 11.8. The maximum atomic E-state index is 3.71. The van der Waals surface area contributed by atoms with Gasteiger partial charge in [-0.2, -0.15) is 0 Å². The third-order valence-corrected chi connectivity index (χ3v) is 4.81. The third-order valence-electron chi connectivity index (χ3n) is 4.81. The Bertz CT molecular complexity index is 431. The van der Waals surface area contributed by atoms with Gasteiger partial charge in [-0.3, -0.25) is 0 Å². The van der Waals surface area contributed by atoms with Crippen LogP contribution in [0.4, 0.5) is 0 Å². The molecule has 0 heterocycles. The number of benzene rings is 1. The molecule has 98 valence electrons. The first kappa shape index (κ1) is 12.2. The van der Waals surface area contributed by atoms with E-state index in [1.807, 2.05) is 0 Å². The molecule has 1 atom stereocenters. The van der Waals surface area contributed by atoms with Crippen molar-refractivity contribution in [2.75, 3.05) is 6.54 Å². The minimum atomic E-state index is 0.495. The van der Waals surface area contributed by atoms with Crippen molar-refractivity contribution in [3.63, 3.8) is 0 Å². The number of rotatable bonds is 4. The second-order valence-corrected chi connectivity index (χ2v) is 6.65. The van der Waals surface area contributed by atoms with Gasteiger partial charge in [0.2, 0.25) is 0 Å². The second-order valence-electron chi connectivity index (χ2n) is 6.65. The Balaban J connectivity index is 1.67. The number of hydrogen-bond donors (Lipinski definition) is 1. The highest BCUT2D eigenvalue weighted by molar-refractivity contribution is 5.35. The summed E-state index contributed by atoms with van der Waals surface area (Å²) in [5.74, 6) is 0. The second kappa shape index (κ2) is 4.70. The summed E-state index contributed by atoms with van der Waals surface area (Å²) in [7, 11) is 0. The van der Waals surface area contributed by atoms with Gasteiger partial charge in [0.15, 0.2) is 0 Å². The lowest BCUT2D eigenvalue weighted by molar-refractivity contribution is 0.457. The number of nitrogens with one attached hydrogen (secondary N) is 1. The van der Waals surface area contributed by atoms with Crippen LogP contribution in [0.2, 0.25) is 0 Å². The van der Waals surface area contributed by atoms with Gasteiger partial charge in [0.1, 0.15) is 0 Å². The number of aryl methyl sites for hydroxylation is 2. The predicted molar refractivity (Wildman–Crippen MR) is 76.8 cm³/mol. The van der Waals surface area contributed by atoms with E-state index in [0.717, 1.165) is 0 Å². The fraction of sp³-hybridized carbons (Fsp3) is 0.647. The van der Waals surface area contributed by atoms with Gasteiger partial charge in [-0.1, -0.05) is 25.1 Å². The number of hydrogen-bond acceptors (Lipinski definition) is 1. The molecule has 1 unspecified atom stereocenters. The topological polar surface area (TPSA) is 12.0 Å². The molecule has 18 heavy (non-hydrogen) atoms. The van der Waals surface area contributed by atoms with Crippen LogP contribution in [-0.2, 0) is 12.8 Å². The molecule has 0 aliphatic heterocycles. The van der Waals surface area contributed by atoms with Crippen molar-refractivity contribution in [3.8, 4) is 0 Å². The van der Waals surface area contributed by atoms with E-state index in [-0.39, 0.29) is 0 Å². The summed E-state index contributed by atoms with van der Waals surface area (Å²) < 4.78 is 0. The summed E-state index contributed by atoms with van der Waals surface area (Å²) in [6.45, 7) is 5.86. The first-order chi connectivity index (χ1) is 8.66. The van der Waals surface area contributed by atoms with Crippen molar-refractivity contribution < 1.29 is 0 Å². The van der Waals surface area contributed by atoms with Gasteiger partial charge < -0.3 is 5.32 Å². The molecule has 2 aliphatic rings. The quantitative estimate of drug-likeness (QED) is 0.842. The highest BCUT2D eigenvalue weighted by atomic mass is 14.9. The van der Waals surface area contributed by atoms with E-state index in [1.165, 1.54) is 50.6 Å². The average molecular weight is 243 g/mol. The minimum Gasteiger partial charge on any atom is -0.310 e. The fourth-order valence-corrected chi connectivity index (χ4v) is 2.93. The van der Waals surface area contributed by atoms with E-state index in [1.54, 1.807) is 11.1 Å². The maximum Gasteiger partial charge on any atom is 0.0292 e. The maximum absolute atomic E-state index is 3.71. The first-order valence-corrected chi connectivity index (χ1v) is 7.51. The van der Waals surface area contributed by atoms with Crippen molar-refractivity contribution in [3.05, 3.63) is 34.9 Å². The van der Waals surface area contributed by atoms with E-state index in [9.17, 15) is 0 Å². The van der Waals surface area contributed by atoms with Crippen molar-refractivity contribution in [2.45, 2.75) is 58.4 Å². The standard InChI is InChI=1S/C17H25N/c1-13(18-12-17(2)9-10-17)15-8-7-14-5-3-4-6-16(14)11-15/h7-8,11,13,18H,3-6,9-10,12H2,1-2H3. The number of fused-ring (bicyclic) bond motifs is 1. The zero-order valence-corrected chi connectivity index (χ0v) is 11.8. The average Bonchev–Trinajstić information content (AvgIpc) is 3.14. The van der Waals surface area contributed by atoms with Gasteiger partial charge in [-0.05, 0) is 67.6 Å². The largest absolute Gasteiger partial charge is 0.310 e. The molecule has 0 bridgehead atoms. The summed E-state index contributed by atoms with van der Waals surface area (Å²) in [5, 5.41) is 3.71. The Labute approximate surface area is 111 Å². The van der Waals surface area contributed by atoms with E-state index in [0.29, 0.717) is 11.5 Å². The Morgan fingerprint density at radius 1 is 1.17 bits per heavy atom. The molecule has 1 fully saturated rings. The van der Waals surface area contributed by atoms with E-state index in [2.05, 4.69) is 37.4 Å². The lowest BCUT2D eigenvalue weighted by Gasteiger charge is -2.21. The summed E-state index contributed by atoms with van der Waals surface area (Å²) in [6.07, 6.45) is 8.12. The van der Waals surface area contributed by atoms with Crippen LogP contribution < -0.4 is 5.32 Å². The lowest BCUT2D eigenvalue weighted by atomic mass is 9.89. The van der Waals surface area contributed by atoms with Gasteiger partial charge in [0, 0.05) is 12.6 Å². The molecule has 1 N–H and O–H groups in total. The van der Waals surface area contributed by atoms with Crippen molar-refractivity contribution >= 4 is 0 Å². The van der Waals surface area contributed by atoms with Gasteiger partial charge >= 0.3 is 0 Å². The molecule has 2 aliphatic carbocycles. The molecular formula is C17H25N. The van der Waals surface area contributed by atoms with E-state index in [4.69, 9.17) is 0 Å². The fourth-order valence-electron chi connectivity index (χ4n) is 2.93. The molecule has 0 amide bonds. The lowest BCUT2D eigenvalue weighted by Crippen LogP contribution is -2.25. The Morgan fingerprint density at radius 2 is 1.89 bits per heavy atom. The van der Waals surface area contributed by atoms with Crippen LogP contribution in [-0.4, -0.2) is 6.54 Å². The van der Waals surface area contributed by atoms with E-state index >= 15 is 0 Å². The van der Waals surface area contributed by atoms with Crippen LogP contribution in [0.25, 0.3) is 0 Å². The van der Waals surface area contributed by atoms with Gasteiger partial charge in [-0.25, -0.2) is 0 Å². The van der Waals surface area contributed by atoms with E-state index < -0.39 is 0 Å². The highest BCUT2D eigenvalue weighted by Gasteiger charge is 2.36. The van der Waals surface area contributed by atoms with Gasteiger partial charge in [0.25, 0.3) is 0 Å². The first-order valence-electron chi connectivity index (χ1n) is 7.51. The molecule has 0 spiro atoms. The van der Waals surface area contributed by atoms with Crippen molar-refractivity contribution in [1.82, 2.24) is 5.32 Å². The van der Waals surface area contributed by atoms with Crippen molar-refractivity contribution in [2.24, 2.45) is 5.41 Å². The molecule has 0 saturated heterocycles. The van der Waals surface area contributed by atoms with Crippen molar-refractivity contribution in [1.29, 1.82) is 0 Å². The Morgan fingerprint density at radius 3 is 2.61 bits per heavy atom. The summed E-state index contributed by atoms with van der Waals surface area (Å²) in [5.41, 5.74) is 5.26. The third kappa shape index (κ3) is 2.61. The van der Waals surface area contributed by atoms with Crippen LogP contribution in [0, 0.1) is 5.41 Å². The molecule has 1 aromatic rings. The Hall–Kier alpha value is -0.820.